The summed E-state index contributed by atoms with van der Waals surface area (Å²) in [6.07, 6.45) is -3.44. The topological polar surface area (TPSA) is 331 Å². The first-order valence-corrected chi connectivity index (χ1v) is 16.5. The number of aliphatic carboxylic acids is 2. The summed E-state index contributed by atoms with van der Waals surface area (Å²) in [6.45, 7) is 2.49. The molecule has 14 N–H and O–H groups in total. The summed E-state index contributed by atoms with van der Waals surface area (Å²) in [4.78, 5) is 101. The Morgan fingerprint density at radius 1 is 0.660 bits per heavy atom. The highest BCUT2D eigenvalue weighted by atomic mass is 16.4. The number of rotatable bonds is 21. The van der Waals surface area contributed by atoms with Crippen molar-refractivity contribution in [3.05, 3.63) is 65.7 Å². The van der Waals surface area contributed by atoms with E-state index in [1.807, 2.05) is 0 Å². The van der Waals surface area contributed by atoms with Gasteiger partial charge < -0.3 is 58.5 Å². The van der Waals surface area contributed by atoms with E-state index in [2.05, 4.69) is 32.3 Å². The zero-order valence-electron chi connectivity index (χ0n) is 29.1. The van der Waals surface area contributed by atoms with Crippen molar-refractivity contribution in [2.75, 3.05) is 0 Å². The van der Waals surface area contributed by atoms with Gasteiger partial charge in [0.15, 0.2) is 6.04 Å². The van der Waals surface area contributed by atoms with Gasteiger partial charge in [0.1, 0.15) is 42.1 Å². The zero-order valence-corrected chi connectivity index (χ0v) is 29.1. The third-order valence-corrected chi connectivity index (χ3v) is 7.89. The van der Waals surface area contributed by atoms with E-state index in [-0.39, 0.29) is 18.6 Å². The van der Waals surface area contributed by atoms with E-state index in [4.69, 9.17) is 5.73 Å². The fourth-order valence-electron chi connectivity index (χ4n) is 4.77. The molecule has 0 spiro atoms. The predicted octanol–water partition coefficient (Wildman–Crippen LogP) is -3.56. The van der Waals surface area contributed by atoms with Crippen LogP contribution < -0.4 is 38.1 Å². The molecule has 0 heterocycles. The fraction of sp³-hybridized carbons (Fsp3) is 0.412. The number of benzene rings is 2. The number of quaternary nitrogens is 1. The van der Waals surface area contributed by atoms with Crippen LogP contribution in [0.15, 0.2) is 54.6 Å². The van der Waals surface area contributed by atoms with Crippen molar-refractivity contribution in [1.82, 2.24) is 26.6 Å². The molecule has 0 aliphatic rings. The van der Waals surface area contributed by atoms with Gasteiger partial charge in [-0.1, -0.05) is 42.5 Å². The lowest BCUT2D eigenvalue weighted by Crippen LogP contribution is -2.73. The highest BCUT2D eigenvalue weighted by molar-refractivity contribution is 5.97. The van der Waals surface area contributed by atoms with Crippen molar-refractivity contribution in [2.24, 2.45) is 5.73 Å². The van der Waals surface area contributed by atoms with Crippen molar-refractivity contribution >= 4 is 47.4 Å². The maximum absolute atomic E-state index is 13.9. The molecule has 0 saturated heterocycles. The Balaban J connectivity index is 2.43. The second-order valence-electron chi connectivity index (χ2n) is 12.3. The first kappa shape index (κ1) is 43.1. The fourth-order valence-corrected chi connectivity index (χ4v) is 4.77. The predicted molar refractivity (Wildman–Crippen MR) is 184 cm³/mol. The van der Waals surface area contributed by atoms with E-state index in [1.54, 1.807) is 30.3 Å². The number of carboxylic acids is 2. The number of hydrogen-bond acceptors (Lipinski definition) is 10. The second kappa shape index (κ2) is 20.7. The molecule has 2 aromatic carbocycles. The first-order valence-electron chi connectivity index (χ1n) is 16.5. The van der Waals surface area contributed by atoms with Gasteiger partial charge >= 0.3 is 11.9 Å². The number of aliphatic hydroxyl groups excluding tert-OH is 1. The lowest BCUT2D eigenvalue weighted by Gasteiger charge is -2.27. The number of nitrogens with one attached hydrogen (secondary N) is 5. The van der Waals surface area contributed by atoms with Crippen LogP contribution in [0, 0.1) is 0 Å². The Morgan fingerprint density at radius 2 is 1.11 bits per heavy atom. The average molecular weight is 745 g/mol. The van der Waals surface area contributed by atoms with Gasteiger partial charge in [0.2, 0.25) is 29.5 Å². The molecule has 2 aromatic rings. The van der Waals surface area contributed by atoms with Gasteiger partial charge in [-0.25, -0.2) is 0 Å². The minimum atomic E-state index is -1.65. The summed E-state index contributed by atoms with van der Waals surface area (Å²) in [6, 6.07) is 5.25. The normalized spacial score (nSPS) is 14.8. The number of primary amides is 1. The van der Waals surface area contributed by atoms with E-state index in [1.165, 1.54) is 38.1 Å². The molecule has 0 aliphatic heterocycles. The van der Waals surface area contributed by atoms with Crippen LogP contribution in [0.1, 0.15) is 44.2 Å². The third kappa shape index (κ3) is 15.0. The average Bonchev–Trinajstić information content (AvgIpc) is 3.09. The summed E-state index contributed by atoms with van der Waals surface area (Å²) >= 11 is 0. The molecule has 0 aliphatic carbocycles. The molecule has 0 fully saturated rings. The number of hydrogen-bond donors (Lipinski definition) is 11. The van der Waals surface area contributed by atoms with Gasteiger partial charge in [-0.3, -0.25) is 38.4 Å². The highest BCUT2D eigenvalue weighted by Gasteiger charge is 2.34. The lowest BCUT2D eigenvalue weighted by atomic mass is 10.0. The van der Waals surface area contributed by atoms with Crippen LogP contribution in [0.25, 0.3) is 0 Å². The van der Waals surface area contributed by atoms with Crippen LogP contribution in [0.5, 0.6) is 5.75 Å². The van der Waals surface area contributed by atoms with Gasteiger partial charge in [0, 0.05) is 19.3 Å². The Morgan fingerprint density at radius 3 is 1.60 bits per heavy atom. The molecule has 0 aromatic heterocycles. The van der Waals surface area contributed by atoms with Crippen molar-refractivity contribution in [2.45, 2.75) is 88.3 Å². The second-order valence-corrected chi connectivity index (χ2v) is 12.3. The lowest BCUT2D eigenvalue weighted by molar-refractivity contribution is -0.419. The molecule has 0 bridgehead atoms. The Labute approximate surface area is 303 Å². The SMILES string of the molecule is C[C@H](NC(=O)[C@H](Cc1ccc(O)cc1)NC(=O)[C@H](Cc1ccccc1)NC(=O)[C@H](CCC(=O)O)NC(=O)[C@H](CC(N)=O)NC(=O)[C@@H]([NH3+])[C@@H](C)O)C(=O)O. The van der Waals surface area contributed by atoms with Gasteiger partial charge in [0.05, 0.1) is 6.42 Å². The Kier molecular flexibility index (Phi) is 16.8. The molecule has 2 rings (SSSR count). The monoisotopic (exact) mass is 744 g/mol. The van der Waals surface area contributed by atoms with Gasteiger partial charge in [-0.05, 0) is 43.5 Å². The molecule has 0 unspecified atom stereocenters. The quantitative estimate of drug-likeness (QED) is 0.0592. The maximum Gasteiger partial charge on any atom is 0.325 e. The molecule has 19 heteroatoms. The minimum absolute atomic E-state index is 0.0666. The van der Waals surface area contributed by atoms with E-state index < -0.39 is 109 Å². The number of amides is 6. The molecule has 0 saturated carbocycles. The number of nitrogens with two attached hydrogens (primary N) is 1. The van der Waals surface area contributed by atoms with Crippen LogP contribution in [-0.4, -0.2) is 110 Å². The number of aromatic hydroxyl groups is 1. The Bertz CT molecular complexity index is 1620. The number of carbonyl (C=O) groups is 8. The molecule has 19 nitrogen and oxygen atoms in total. The number of phenolic OH excluding ortho intramolecular Hbond substituents is 1. The smallest absolute Gasteiger partial charge is 0.325 e. The maximum atomic E-state index is 13.9. The number of aliphatic hydroxyl groups is 1. The summed E-state index contributed by atoms with van der Waals surface area (Å²) in [5, 5.41) is 49.9. The number of carboxylic acid groups (broad SMARTS) is 2. The molecule has 53 heavy (non-hydrogen) atoms. The van der Waals surface area contributed by atoms with E-state index >= 15 is 0 Å². The van der Waals surface area contributed by atoms with Crippen molar-refractivity contribution in [3.63, 3.8) is 0 Å². The van der Waals surface area contributed by atoms with Crippen LogP contribution in [-0.2, 0) is 51.2 Å². The van der Waals surface area contributed by atoms with Crippen LogP contribution in [0.4, 0.5) is 0 Å². The number of phenols is 1. The summed E-state index contributed by atoms with van der Waals surface area (Å²) < 4.78 is 0. The van der Waals surface area contributed by atoms with Crippen LogP contribution >= 0.6 is 0 Å². The first-order chi connectivity index (χ1) is 24.9. The molecule has 288 valence electrons. The standard InChI is InChI=1S/C34H45N7O12/c1-17(34(52)53)37-30(48)23(15-20-8-10-21(43)11-9-20)40-31(49)24(14-19-6-4-3-5-7-19)39-29(47)22(12-13-27(45)46)38-32(50)25(16-26(35)44)41-33(51)28(36)18(2)42/h3-11,17-18,22-25,28,42-43H,12-16,36H2,1-2H3,(H2,35,44)(H,37,48)(H,38,50)(H,39,47)(H,40,49)(H,41,51)(H,45,46)(H,52,53)/p+1/t17-,18+,22-,23-,24-,25-,28-/m0/s1. The van der Waals surface area contributed by atoms with Gasteiger partial charge in [-0.15, -0.1) is 0 Å². The third-order valence-electron chi connectivity index (χ3n) is 7.89. The molecular formula is C34H46N7O12+. The van der Waals surface area contributed by atoms with E-state index in [0.717, 1.165) is 0 Å². The molecule has 7 atom stereocenters. The Hall–Kier alpha value is -6.08. The highest BCUT2D eigenvalue weighted by Crippen LogP contribution is 2.13. The van der Waals surface area contributed by atoms with Crippen molar-refractivity contribution < 1.29 is 64.5 Å². The molecule has 0 radical (unpaired) electrons. The van der Waals surface area contributed by atoms with Crippen LogP contribution in [0.3, 0.4) is 0 Å². The molecular weight excluding hydrogens is 698 g/mol. The van der Waals surface area contributed by atoms with Crippen LogP contribution in [0.2, 0.25) is 0 Å². The van der Waals surface area contributed by atoms with E-state index in [9.17, 15) is 58.8 Å². The van der Waals surface area contributed by atoms with Gasteiger partial charge in [-0.2, -0.15) is 0 Å². The van der Waals surface area contributed by atoms with Crippen molar-refractivity contribution in [1.29, 1.82) is 0 Å². The molecule has 6 amide bonds. The summed E-state index contributed by atoms with van der Waals surface area (Å²) in [7, 11) is 0. The number of carbonyl (C=O) groups excluding carboxylic acids is 6. The minimum Gasteiger partial charge on any atom is -0.508 e. The zero-order chi connectivity index (χ0) is 39.8. The van der Waals surface area contributed by atoms with Gasteiger partial charge in [0.25, 0.3) is 5.91 Å². The van der Waals surface area contributed by atoms with E-state index in [0.29, 0.717) is 11.1 Å². The summed E-state index contributed by atoms with van der Waals surface area (Å²) in [5.41, 5.74) is 9.77. The van der Waals surface area contributed by atoms with Crippen molar-refractivity contribution in [3.8, 4) is 5.75 Å². The summed E-state index contributed by atoms with van der Waals surface area (Å²) in [5.74, 6) is -8.62. The largest absolute Gasteiger partial charge is 0.508 e.